The summed E-state index contributed by atoms with van der Waals surface area (Å²) in [4.78, 5) is 24.2. The maximum Gasteiger partial charge on any atom is 0.354 e. The summed E-state index contributed by atoms with van der Waals surface area (Å²) in [6.45, 7) is 0. The number of carbonyl (C=O) groups excluding carboxylic acids is 2. The predicted molar refractivity (Wildman–Crippen MR) is 92.5 cm³/mol. The van der Waals surface area contributed by atoms with Crippen molar-refractivity contribution in [2.24, 2.45) is 0 Å². The summed E-state index contributed by atoms with van der Waals surface area (Å²) in [5, 5.41) is 3.41. The summed E-state index contributed by atoms with van der Waals surface area (Å²) in [6.07, 6.45) is 1.19. The van der Waals surface area contributed by atoms with Gasteiger partial charge in [-0.15, -0.1) is 0 Å². The Kier molecular flexibility index (Phi) is 5.98. The van der Waals surface area contributed by atoms with Crippen LogP contribution in [0.15, 0.2) is 60.3 Å². The molecule has 0 radical (unpaired) electrons. The second-order valence-electron chi connectivity index (χ2n) is 4.77. The van der Waals surface area contributed by atoms with Crippen LogP contribution in [0.4, 0.5) is 5.69 Å². The summed E-state index contributed by atoms with van der Waals surface area (Å²) in [5.41, 5.74) is 1.07. The average molecular weight is 346 g/mol. The maximum absolute atomic E-state index is 12.3. The molecule has 2 aromatic rings. The van der Waals surface area contributed by atoms with Gasteiger partial charge in [0.25, 0.3) is 0 Å². The molecule has 0 amide bonds. The minimum absolute atomic E-state index is 0.0302. The number of hydrogen-bond donors (Lipinski definition) is 1. The van der Waals surface area contributed by atoms with Crippen LogP contribution in [-0.2, 0) is 9.53 Å². The number of rotatable bonds is 6. The highest BCUT2D eigenvalue weighted by Crippen LogP contribution is 2.18. The minimum atomic E-state index is -0.645. The number of allylic oxidation sites excluding steroid dienone is 1. The van der Waals surface area contributed by atoms with Crippen LogP contribution >= 0.6 is 11.6 Å². The second kappa shape index (κ2) is 8.17. The van der Waals surface area contributed by atoms with E-state index in [1.165, 1.54) is 13.2 Å². The molecule has 1 N–H and O–H groups in total. The van der Waals surface area contributed by atoms with Crippen LogP contribution in [0.5, 0.6) is 5.75 Å². The van der Waals surface area contributed by atoms with E-state index in [-0.39, 0.29) is 11.5 Å². The van der Waals surface area contributed by atoms with Crippen LogP contribution in [0.2, 0.25) is 5.02 Å². The Labute approximate surface area is 144 Å². The number of nitrogens with one attached hydrogen (secondary N) is 1. The topological polar surface area (TPSA) is 64.6 Å². The maximum atomic E-state index is 12.3. The van der Waals surface area contributed by atoms with Crippen molar-refractivity contribution >= 4 is 29.0 Å². The van der Waals surface area contributed by atoms with Crippen LogP contribution < -0.4 is 10.1 Å². The van der Waals surface area contributed by atoms with Gasteiger partial charge in [-0.25, -0.2) is 4.79 Å². The van der Waals surface area contributed by atoms with E-state index in [0.29, 0.717) is 22.0 Å². The number of carbonyl (C=O) groups is 2. The molecule has 0 heterocycles. The largest absolute Gasteiger partial charge is 0.497 e. The fraction of sp³-hybridized carbons (Fsp3) is 0.111. The number of ketones is 1. The molecule has 0 fully saturated rings. The van der Waals surface area contributed by atoms with Gasteiger partial charge in [0.15, 0.2) is 5.78 Å². The van der Waals surface area contributed by atoms with Gasteiger partial charge in [0, 0.05) is 22.3 Å². The fourth-order valence-electron chi connectivity index (χ4n) is 1.91. The highest BCUT2D eigenvalue weighted by Gasteiger charge is 2.13. The molecule has 0 aliphatic rings. The van der Waals surface area contributed by atoms with E-state index in [2.05, 4.69) is 5.32 Å². The van der Waals surface area contributed by atoms with Crippen molar-refractivity contribution < 1.29 is 19.1 Å². The standard InChI is InChI=1S/C18H16ClNO4/c1-23-15-9-7-14(8-10-15)20-16(18(22)24-2)11-17(21)12-3-5-13(19)6-4-12/h3-11,20H,1-2H3. The number of methoxy groups -OCH3 is 2. The second-order valence-corrected chi connectivity index (χ2v) is 5.21. The van der Waals surface area contributed by atoms with Crippen molar-refractivity contribution in [2.75, 3.05) is 19.5 Å². The van der Waals surface area contributed by atoms with Gasteiger partial charge in [-0.1, -0.05) is 11.6 Å². The number of anilines is 1. The van der Waals surface area contributed by atoms with Crippen molar-refractivity contribution in [3.63, 3.8) is 0 Å². The van der Waals surface area contributed by atoms with E-state index in [4.69, 9.17) is 21.1 Å². The lowest BCUT2D eigenvalue weighted by Gasteiger charge is -2.10. The number of benzene rings is 2. The van der Waals surface area contributed by atoms with Crippen molar-refractivity contribution in [2.45, 2.75) is 0 Å². The molecule has 0 aliphatic heterocycles. The SMILES string of the molecule is COC(=O)C(=CC(=O)c1ccc(Cl)cc1)Nc1ccc(OC)cc1. The summed E-state index contributed by atoms with van der Waals surface area (Å²) >= 11 is 5.80. The first-order chi connectivity index (χ1) is 11.5. The molecule has 5 nitrogen and oxygen atoms in total. The molecule has 124 valence electrons. The summed E-state index contributed by atoms with van der Waals surface area (Å²) in [7, 11) is 2.81. The molecule has 0 spiro atoms. The average Bonchev–Trinajstić information content (AvgIpc) is 2.61. The molecule has 0 aliphatic carbocycles. The zero-order valence-electron chi connectivity index (χ0n) is 13.2. The molecular weight excluding hydrogens is 330 g/mol. The van der Waals surface area contributed by atoms with E-state index in [1.54, 1.807) is 55.6 Å². The Hall–Kier alpha value is -2.79. The van der Waals surface area contributed by atoms with Crippen LogP contribution in [-0.4, -0.2) is 26.0 Å². The quantitative estimate of drug-likeness (QED) is 0.491. The van der Waals surface area contributed by atoms with E-state index in [0.717, 1.165) is 0 Å². The molecule has 0 saturated carbocycles. The third kappa shape index (κ3) is 4.60. The van der Waals surface area contributed by atoms with Gasteiger partial charge in [-0.2, -0.15) is 0 Å². The zero-order valence-corrected chi connectivity index (χ0v) is 14.0. The van der Waals surface area contributed by atoms with Crippen LogP contribution in [0.25, 0.3) is 0 Å². The Balaban J connectivity index is 2.24. The minimum Gasteiger partial charge on any atom is -0.497 e. The molecule has 2 aromatic carbocycles. The molecule has 2 rings (SSSR count). The Morgan fingerprint density at radius 2 is 1.62 bits per heavy atom. The Bertz CT molecular complexity index is 752. The lowest BCUT2D eigenvalue weighted by atomic mass is 10.1. The highest BCUT2D eigenvalue weighted by molar-refractivity contribution is 6.30. The highest BCUT2D eigenvalue weighted by atomic mass is 35.5. The van der Waals surface area contributed by atoms with Crippen LogP contribution in [0.1, 0.15) is 10.4 Å². The number of esters is 1. The monoisotopic (exact) mass is 345 g/mol. The van der Waals surface area contributed by atoms with Gasteiger partial charge >= 0.3 is 5.97 Å². The first kappa shape index (κ1) is 17.6. The van der Waals surface area contributed by atoms with Crippen LogP contribution in [0.3, 0.4) is 0 Å². The van der Waals surface area contributed by atoms with E-state index >= 15 is 0 Å². The van der Waals surface area contributed by atoms with Gasteiger partial charge in [0.1, 0.15) is 11.4 Å². The first-order valence-electron chi connectivity index (χ1n) is 7.04. The Morgan fingerprint density at radius 3 is 2.17 bits per heavy atom. The molecule has 0 atom stereocenters. The van der Waals surface area contributed by atoms with Crippen molar-refractivity contribution in [1.82, 2.24) is 0 Å². The predicted octanol–water partition coefficient (Wildman–Crippen LogP) is 3.70. The van der Waals surface area contributed by atoms with E-state index in [1.807, 2.05) is 0 Å². The summed E-state index contributed by atoms with van der Waals surface area (Å²) in [5.74, 6) is -0.303. The normalized spacial score (nSPS) is 10.9. The number of ether oxygens (including phenoxy) is 2. The van der Waals surface area contributed by atoms with Gasteiger partial charge in [-0.05, 0) is 48.5 Å². The number of halogens is 1. The fourth-order valence-corrected chi connectivity index (χ4v) is 2.04. The molecule has 0 aromatic heterocycles. The van der Waals surface area contributed by atoms with Crippen molar-refractivity contribution in [3.8, 4) is 5.75 Å². The van der Waals surface area contributed by atoms with Crippen molar-refractivity contribution in [3.05, 3.63) is 70.9 Å². The summed E-state index contributed by atoms with van der Waals surface area (Å²) < 4.78 is 9.79. The first-order valence-corrected chi connectivity index (χ1v) is 7.42. The molecule has 0 bridgehead atoms. The molecule has 0 saturated heterocycles. The van der Waals surface area contributed by atoms with Gasteiger partial charge < -0.3 is 14.8 Å². The Morgan fingerprint density at radius 1 is 1.00 bits per heavy atom. The molecule has 0 unspecified atom stereocenters. The van der Waals surface area contributed by atoms with Gasteiger partial charge in [0.2, 0.25) is 0 Å². The molecule has 6 heteroatoms. The molecular formula is C18H16ClNO4. The zero-order chi connectivity index (χ0) is 17.5. The lowest BCUT2D eigenvalue weighted by Crippen LogP contribution is -2.15. The molecule has 24 heavy (non-hydrogen) atoms. The third-order valence-corrected chi connectivity index (χ3v) is 3.43. The lowest BCUT2D eigenvalue weighted by molar-refractivity contribution is -0.135. The van der Waals surface area contributed by atoms with Gasteiger partial charge in [-0.3, -0.25) is 4.79 Å². The van der Waals surface area contributed by atoms with Crippen LogP contribution in [0, 0.1) is 0 Å². The number of hydrogen-bond acceptors (Lipinski definition) is 5. The van der Waals surface area contributed by atoms with Gasteiger partial charge in [0.05, 0.1) is 14.2 Å². The van der Waals surface area contributed by atoms with E-state index < -0.39 is 5.97 Å². The van der Waals surface area contributed by atoms with E-state index in [9.17, 15) is 9.59 Å². The van der Waals surface area contributed by atoms with Crippen molar-refractivity contribution in [1.29, 1.82) is 0 Å². The smallest absolute Gasteiger partial charge is 0.354 e. The third-order valence-electron chi connectivity index (χ3n) is 3.18. The summed E-state index contributed by atoms with van der Waals surface area (Å²) in [6, 6.07) is 13.3.